The number of nitrogens with one attached hydrogen (secondary N) is 1. The molecule has 4 aromatic rings. The molecule has 0 saturated heterocycles. The number of benzene rings is 2. The first-order valence-corrected chi connectivity index (χ1v) is 9.54. The van der Waals surface area contributed by atoms with Gasteiger partial charge in [0.1, 0.15) is 12.1 Å². The lowest BCUT2D eigenvalue weighted by atomic mass is 10.2. The summed E-state index contributed by atoms with van der Waals surface area (Å²) in [6.07, 6.45) is 3.46. The molecule has 6 heteroatoms. The second kappa shape index (κ2) is 7.19. The summed E-state index contributed by atoms with van der Waals surface area (Å²) in [5, 5.41) is 5.32. The highest BCUT2D eigenvalue weighted by atomic mass is 35.5. The van der Waals surface area contributed by atoms with Gasteiger partial charge in [-0.1, -0.05) is 48.0 Å². The minimum absolute atomic E-state index is 0.782. The van der Waals surface area contributed by atoms with Crippen molar-refractivity contribution in [3.8, 4) is 0 Å². The van der Waals surface area contributed by atoms with Crippen LogP contribution in [0.4, 0.5) is 11.5 Å². The van der Waals surface area contributed by atoms with E-state index in [0.717, 1.165) is 63.9 Å². The average Bonchev–Trinajstić information content (AvgIpc) is 3.13. The van der Waals surface area contributed by atoms with Crippen molar-refractivity contribution in [1.82, 2.24) is 19.9 Å². The Morgan fingerprint density at radius 2 is 1.82 bits per heavy atom. The SMILES string of the molecule is Clc1ccccc1CN1Cc2ncnc(Nc3cnc4ccccc4c3)c2C1. The lowest BCUT2D eigenvalue weighted by molar-refractivity contribution is 0.274. The van der Waals surface area contributed by atoms with Gasteiger partial charge in [0.25, 0.3) is 0 Å². The van der Waals surface area contributed by atoms with Crippen LogP contribution in [0, 0.1) is 0 Å². The highest BCUT2D eigenvalue weighted by molar-refractivity contribution is 6.31. The third-order valence-corrected chi connectivity index (χ3v) is 5.36. The molecular weight excluding hydrogens is 370 g/mol. The summed E-state index contributed by atoms with van der Waals surface area (Å²) < 4.78 is 0. The fourth-order valence-electron chi connectivity index (χ4n) is 3.61. The van der Waals surface area contributed by atoms with Crippen LogP contribution < -0.4 is 5.32 Å². The van der Waals surface area contributed by atoms with Crippen molar-refractivity contribution >= 4 is 34.0 Å². The number of hydrogen-bond acceptors (Lipinski definition) is 5. The van der Waals surface area contributed by atoms with E-state index in [4.69, 9.17) is 11.6 Å². The number of rotatable bonds is 4. The number of para-hydroxylation sites is 1. The molecule has 5 rings (SSSR count). The minimum Gasteiger partial charge on any atom is -0.339 e. The van der Waals surface area contributed by atoms with Gasteiger partial charge in [-0.2, -0.15) is 0 Å². The quantitative estimate of drug-likeness (QED) is 0.537. The van der Waals surface area contributed by atoms with Crippen LogP contribution in [0.5, 0.6) is 0 Å². The summed E-state index contributed by atoms with van der Waals surface area (Å²) in [5.41, 5.74) is 5.20. The molecule has 28 heavy (non-hydrogen) atoms. The van der Waals surface area contributed by atoms with Gasteiger partial charge in [-0.05, 0) is 23.8 Å². The molecule has 0 radical (unpaired) electrons. The first-order chi connectivity index (χ1) is 13.8. The number of pyridine rings is 1. The van der Waals surface area contributed by atoms with Gasteiger partial charge < -0.3 is 5.32 Å². The summed E-state index contributed by atoms with van der Waals surface area (Å²) in [6.45, 7) is 2.35. The fraction of sp³-hybridized carbons (Fsp3) is 0.136. The maximum atomic E-state index is 6.33. The molecule has 138 valence electrons. The Kier molecular flexibility index (Phi) is 4.39. The van der Waals surface area contributed by atoms with E-state index < -0.39 is 0 Å². The molecule has 1 aliphatic heterocycles. The molecule has 0 unspecified atom stereocenters. The van der Waals surface area contributed by atoms with E-state index in [1.807, 2.05) is 42.6 Å². The summed E-state index contributed by atoms with van der Waals surface area (Å²) >= 11 is 6.33. The van der Waals surface area contributed by atoms with Crippen LogP contribution in [0.15, 0.2) is 67.1 Å². The Hall–Kier alpha value is -3.02. The molecule has 0 spiro atoms. The van der Waals surface area contributed by atoms with E-state index in [-0.39, 0.29) is 0 Å². The number of aromatic nitrogens is 3. The molecule has 0 fully saturated rings. The van der Waals surface area contributed by atoms with Crippen LogP contribution in [-0.4, -0.2) is 19.9 Å². The van der Waals surface area contributed by atoms with Gasteiger partial charge in [0.05, 0.1) is 23.1 Å². The maximum Gasteiger partial charge on any atom is 0.138 e. The van der Waals surface area contributed by atoms with Crippen molar-refractivity contribution < 1.29 is 0 Å². The molecule has 5 nitrogen and oxygen atoms in total. The first-order valence-electron chi connectivity index (χ1n) is 9.16. The van der Waals surface area contributed by atoms with E-state index >= 15 is 0 Å². The molecule has 0 saturated carbocycles. The number of fused-ring (bicyclic) bond motifs is 2. The molecule has 2 aromatic carbocycles. The number of nitrogens with zero attached hydrogens (tertiary/aromatic N) is 4. The zero-order chi connectivity index (χ0) is 18.9. The summed E-state index contributed by atoms with van der Waals surface area (Å²) in [5.74, 6) is 0.837. The number of halogens is 1. The monoisotopic (exact) mass is 387 g/mol. The largest absolute Gasteiger partial charge is 0.339 e. The normalized spacial score (nSPS) is 13.6. The molecule has 0 atom stereocenters. The van der Waals surface area contributed by atoms with E-state index in [0.29, 0.717) is 0 Å². The standard InChI is InChI=1S/C22H18ClN5/c23-19-7-3-1-6-16(19)11-28-12-18-21(13-28)25-14-26-22(18)27-17-9-15-5-2-4-8-20(15)24-10-17/h1-10,14H,11-13H2,(H,25,26,27). The van der Waals surface area contributed by atoms with Crippen LogP contribution >= 0.6 is 11.6 Å². The average molecular weight is 388 g/mol. The third-order valence-electron chi connectivity index (χ3n) is 4.99. The first kappa shape index (κ1) is 17.1. The van der Waals surface area contributed by atoms with Gasteiger partial charge >= 0.3 is 0 Å². The highest BCUT2D eigenvalue weighted by Crippen LogP contribution is 2.30. The molecule has 0 aliphatic carbocycles. The van der Waals surface area contributed by atoms with Crippen molar-refractivity contribution in [3.63, 3.8) is 0 Å². The van der Waals surface area contributed by atoms with Crippen LogP contribution in [0.2, 0.25) is 5.02 Å². The Morgan fingerprint density at radius 1 is 0.964 bits per heavy atom. The van der Waals surface area contributed by atoms with Crippen molar-refractivity contribution in [2.45, 2.75) is 19.6 Å². The molecule has 0 bridgehead atoms. The lowest BCUT2D eigenvalue weighted by Gasteiger charge is -2.15. The van der Waals surface area contributed by atoms with Gasteiger partial charge in [-0.25, -0.2) is 9.97 Å². The smallest absolute Gasteiger partial charge is 0.138 e. The number of anilines is 2. The second-order valence-electron chi connectivity index (χ2n) is 6.93. The Labute approximate surface area is 168 Å². The second-order valence-corrected chi connectivity index (χ2v) is 7.33. The Bertz CT molecular complexity index is 1160. The zero-order valence-electron chi connectivity index (χ0n) is 15.1. The van der Waals surface area contributed by atoms with E-state index in [1.54, 1.807) is 6.33 Å². The van der Waals surface area contributed by atoms with Crippen molar-refractivity contribution in [2.24, 2.45) is 0 Å². The molecule has 1 aliphatic rings. The fourth-order valence-corrected chi connectivity index (χ4v) is 3.80. The van der Waals surface area contributed by atoms with Crippen molar-refractivity contribution in [2.75, 3.05) is 5.32 Å². The summed E-state index contributed by atoms with van der Waals surface area (Å²) in [6, 6.07) is 18.1. The van der Waals surface area contributed by atoms with Gasteiger partial charge in [-0.3, -0.25) is 9.88 Å². The van der Waals surface area contributed by atoms with Crippen molar-refractivity contribution in [1.29, 1.82) is 0 Å². The third kappa shape index (κ3) is 3.30. The molecular formula is C22H18ClN5. The van der Waals surface area contributed by atoms with Crippen molar-refractivity contribution in [3.05, 3.63) is 89.0 Å². The van der Waals surface area contributed by atoms with Gasteiger partial charge in [0.15, 0.2) is 0 Å². The minimum atomic E-state index is 0.782. The molecule has 0 amide bonds. The van der Waals surface area contributed by atoms with E-state index in [9.17, 15) is 0 Å². The predicted octanol–water partition coefficient (Wildman–Crippen LogP) is 4.94. The van der Waals surface area contributed by atoms with Crippen LogP contribution in [-0.2, 0) is 19.6 Å². The predicted molar refractivity (Wildman–Crippen MR) is 111 cm³/mol. The molecule has 1 N–H and O–H groups in total. The van der Waals surface area contributed by atoms with Gasteiger partial charge in [0, 0.05) is 35.6 Å². The maximum absolute atomic E-state index is 6.33. The van der Waals surface area contributed by atoms with E-state index in [1.165, 1.54) is 0 Å². The lowest BCUT2D eigenvalue weighted by Crippen LogP contribution is -2.16. The zero-order valence-corrected chi connectivity index (χ0v) is 15.9. The number of hydrogen-bond donors (Lipinski definition) is 1. The Morgan fingerprint density at radius 3 is 2.75 bits per heavy atom. The summed E-state index contributed by atoms with van der Waals surface area (Å²) in [4.78, 5) is 15.8. The summed E-state index contributed by atoms with van der Waals surface area (Å²) in [7, 11) is 0. The molecule has 3 heterocycles. The molecule has 2 aromatic heterocycles. The topological polar surface area (TPSA) is 53.9 Å². The van der Waals surface area contributed by atoms with E-state index in [2.05, 4.69) is 43.4 Å². The van der Waals surface area contributed by atoms with Crippen LogP contribution in [0.25, 0.3) is 10.9 Å². The highest BCUT2D eigenvalue weighted by Gasteiger charge is 2.24. The van der Waals surface area contributed by atoms with Gasteiger partial charge in [0.2, 0.25) is 0 Å². The Balaban J connectivity index is 1.39. The van der Waals surface area contributed by atoms with Crippen LogP contribution in [0.1, 0.15) is 16.8 Å². The van der Waals surface area contributed by atoms with Gasteiger partial charge in [-0.15, -0.1) is 0 Å². The van der Waals surface area contributed by atoms with Crippen LogP contribution in [0.3, 0.4) is 0 Å².